The molecule has 0 saturated heterocycles. The van der Waals surface area contributed by atoms with Gasteiger partial charge in [0.2, 0.25) is 5.91 Å². The average molecular weight is 290 g/mol. The number of benzene rings is 1. The maximum Gasteiger partial charge on any atom is 0.221 e. The first-order chi connectivity index (χ1) is 9.97. The fourth-order valence-electron chi connectivity index (χ4n) is 3.37. The van der Waals surface area contributed by atoms with Gasteiger partial charge in [0.25, 0.3) is 0 Å². The number of ether oxygens (including phenoxy) is 1. The van der Waals surface area contributed by atoms with Crippen LogP contribution in [0.4, 0.5) is 11.4 Å². The van der Waals surface area contributed by atoms with Gasteiger partial charge in [0.1, 0.15) is 5.75 Å². The summed E-state index contributed by atoms with van der Waals surface area (Å²) in [6, 6.07) is 6.35. The molecule has 0 heterocycles. The van der Waals surface area contributed by atoms with Crippen molar-refractivity contribution < 1.29 is 9.53 Å². The van der Waals surface area contributed by atoms with E-state index in [9.17, 15) is 4.79 Å². The molecule has 0 bridgehead atoms. The van der Waals surface area contributed by atoms with Gasteiger partial charge >= 0.3 is 0 Å². The Bertz CT molecular complexity index is 492. The molecule has 1 aromatic rings. The molecule has 2 unspecified atom stereocenters. The van der Waals surface area contributed by atoms with Crippen LogP contribution >= 0.6 is 0 Å². The third-order valence-corrected chi connectivity index (χ3v) is 4.06. The minimum atomic E-state index is -0.0936. The number of carbonyl (C=O) groups is 1. The molecule has 4 nitrogen and oxygen atoms in total. The molecule has 0 radical (unpaired) electrons. The van der Waals surface area contributed by atoms with E-state index in [-0.39, 0.29) is 5.91 Å². The Labute approximate surface area is 127 Å². The van der Waals surface area contributed by atoms with Crippen molar-refractivity contribution in [2.24, 2.45) is 11.8 Å². The van der Waals surface area contributed by atoms with E-state index in [2.05, 4.69) is 24.5 Å². The predicted molar refractivity (Wildman–Crippen MR) is 86.9 cm³/mol. The lowest BCUT2D eigenvalue weighted by atomic mass is 9.80. The Kier molecular flexibility index (Phi) is 5.10. The van der Waals surface area contributed by atoms with Gasteiger partial charge in [-0.25, -0.2) is 0 Å². The first-order valence-corrected chi connectivity index (χ1v) is 7.70. The molecule has 2 atom stereocenters. The highest BCUT2D eigenvalue weighted by Gasteiger charge is 2.23. The highest BCUT2D eigenvalue weighted by molar-refractivity contribution is 5.90. The zero-order valence-corrected chi connectivity index (χ0v) is 13.4. The minimum Gasteiger partial charge on any atom is -0.494 e. The van der Waals surface area contributed by atoms with Gasteiger partial charge < -0.3 is 15.4 Å². The highest BCUT2D eigenvalue weighted by atomic mass is 16.5. The zero-order valence-electron chi connectivity index (χ0n) is 13.4. The summed E-state index contributed by atoms with van der Waals surface area (Å²) < 4.78 is 5.36. The summed E-state index contributed by atoms with van der Waals surface area (Å²) in [6.45, 7) is 6.14. The summed E-state index contributed by atoms with van der Waals surface area (Å²) in [7, 11) is 1.62. The van der Waals surface area contributed by atoms with Gasteiger partial charge in [0.15, 0.2) is 0 Å². The average Bonchev–Trinajstić information content (AvgIpc) is 2.38. The second kappa shape index (κ2) is 6.83. The smallest absolute Gasteiger partial charge is 0.221 e. The Balaban J connectivity index is 2.08. The number of nitrogens with one attached hydrogen (secondary N) is 2. The second-order valence-electron chi connectivity index (χ2n) is 6.35. The molecule has 21 heavy (non-hydrogen) atoms. The molecule has 2 rings (SSSR count). The molecular weight excluding hydrogens is 264 g/mol. The summed E-state index contributed by atoms with van der Waals surface area (Å²) in [5.74, 6) is 2.13. The van der Waals surface area contributed by atoms with E-state index in [1.807, 2.05) is 18.2 Å². The molecular formula is C17H26N2O2. The van der Waals surface area contributed by atoms with Crippen LogP contribution in [0.5, 0.6) is 5.75 Å². The topological polar surface area (TPSA) is 50.4 Å². The quantitative estimate of drug-likeness (QED) is 0.884. The van der Waals surface area contributed by atoms with Crippen molar-refractivity contribution in [1.29, 1.82) is 0 Å². The van der Waals surface area contributed by atoms with Crippen LogP contribution in [-0.2, 0) is 4.79 Å². The van der Waals surface area contributed by atoms with E-state index >= 15 is 0 Å². The van der Waals surface area contributed by atoms with E-state index in [0.717, 1.165) is 17.5 Å². The zero-order chi connectivity index (χ0) is 15.4. The molecule has 116 valence electrons. The normalized spacial score (nSPS) is 25.2. The van der Waals surface area contributed by atoms with Gasteiger partial charge in [-0.1, -0.05) is 13.8 Å². The first kappa shape index (κ1) is 15.7. The van der Waals surface area contributed by atoms with Crippen molar-refractivity contribution >= 4 is 17.3 Å². The Morgan fingerprint density at radius 1 is 1.19 bits per heavy atom. The van der Waals surface area contributed by atoms with Crippen molar-refractivity contribution in [2.75, 3.05) is 17.7 Å². The van der Waals surface area contributed by atoms with Crippen molar-refractivity contribution in [3.05, 3.63) is 18.2 Å². The monoisotopic (exact) mass is 290 g/mol. The third kappa shape index (κ3) is 4.38. The van der Waals surface area contributed by atoms with Crippen LogP contribution in [0.2, 0.25) is 0 Å². The number of methoxy groups -OCH3 is 1. The molecule has 0 aromatic heterocycles. The van der Waals surface area contributed by atoms with Gasteiger partial charge in [0.05, 0.1) is 12.8 Å². The second-order valence-corrected chi connectivity index (χ2v) is 6.35. The summed E-state index contributed by atoms with van der Waals surface area (Å²) in [5.41, 5.74) is 1.76. The third-order valence-electron chi connectivity index (χ3n) is 4.06. The number of hydrogen-bond acceptors (Lipinski definition) is 3. The molecule has 1 fully saturated rings. The lowest BCUT2D eigenvalue weighted by molar-refractivity contribution is -0.114. The Morgan fingerprint density at radius 2 is 1.86 bits per heavy atom. The molecule has 4 heteroatoms. The molecule has 1 aliphatic rings. The lowest BCUT2D eigenvalue weighted by Crippen LogP contribution is -2.30. The minimum absolute atomic E-state index is 0.0936. The number of anilines is 2. The molecule has 1 aromatic carbocycles. The van der Waals surface area contributed by atoms with Crippen LogP contribution in [0.15, 0.2) is 18.2 Å². The van der Waals surface area contributed by atoms with E-state index in [1.165, 1.54) is 26.2 Å². The van der Waals surface area contributed by atoms with Crippen molar-refractivity contribution in [2.45, 2.75) is 46.1 Å². The SMILES string of the molecule is COc1cc(NC2CC(C)CC(C)C2)ccc1NC(C)=O. The standard InChI is InChI=1S/C17H26N2O2/c1-11-7-12(2)9-15(8-11)19-14-5-6-16(18-13(3)20)17(10-14)21-4/h5-6,10-12,15,19H,7-9H2,1-4H3,(H,18,20). The van der Waals surface area contributed by atoms with Gasteiger partial charge in [0, 0.05) is 24.7 Å². The van der Waals surface area contributed by atoms with Crippen LogP contribution < -0.4 is 15.4 Å². The van der Waals surface area contributed by atoms with E-state index in [1.54, 1.807) is 7.11 Å². The van der Waals surface area contributed by atoms with E-state index in [0.29, 0.717) is 17.5 Å². The fourth-order valence-corrected chi connectivity index (χ4v) is 3.37. The first-order valence-electron chi connectivity index (χ1n) is 7.70. The number of rotatable bonds is 4. The largest absolute Gasteiger partial charge is 0.494 e. The molecule has 1 saturated carbocycles. The van der Waals surface area contributed by atoms with Crippen LogP contribution in [0.25, 0.3) is 0 Å². The Morgan fingerprint density at radius 3 is 2.43 bits per heavy atom. The van der Waals surface area contributed by atoms with Gasteiger partial charge in [-0.15, -0.1) is 0 Å². The summed E-state index contributed by atoms with van der Waals surface area (Å²) >= 11 is 0. The maximum absolute atomic E-state index is 11.2. The fraction of sp³-hybridized carbons (Fsp3) is 0.588. The number of hydrogen-bond donors (Lipinski definition) is 2. The molecule has 1 aliphatic carbocycles. The van der Waals surface area contributed by atoms with Gasteiger partial charge in [-0.2, -0.15) is 0 Å². The molecule has 2 N–H and O–H groups in total. The van der Waals surface area contributed by atoms with Gasteiger partial charge in [-0.05, 0) is 43.2 Å². The highest BCUT2D eigenvalue weighted by Crippen LogP contribution is 2.33. The van der Waals surface area contributed by atoms with Gasteiger partial charge in [-0.3, -0.25) is 4.79 Å². The summed E-state index contributed by atoms with van der Waals surface area (Å²) in [6.07, 6.45) is 3.74. The summed E-state index contributed by atoms with van der Waals surface area (Å²) in [5, 5.41) is 6.38. The summed E-state index contributed by atoms with van der Waals surface area (Å²) in [4.78, 5) is 11.2. The number of carbonyl (C=O) groups excluding carboxylic acids is 1. The van der Waals surface area contributed by atoms with Crippen molar-refractivity contribution in [3.63, 3.8) is 0 Å². The molecule has 1 amide bonds. The predicted octanol–water partition coefficient (Wildman–Crippen LogP) is 3.89. The lowest BCUT2D eigenvalue weighted by Gasteiger charge is -2.32. The Hall–Kier alpha value is -1.71. The van der Waals surface area contributed by atoms with Crippen LogP contribution in [0.3, 0.4) is 0 Å². The molecule has 0 aliphatic heterocycles. The van der Waals surface area contributed by atoms with Crippen molar-refractivity contribution in [1.82, 2.24) is 0 Å². The van der Waals surface area contributed by atoms with E-state index < -0.39 is 0 Å². The van der Waals surface area contributed by atoms with Crippen molar-refractivity contribution in [3.8, 4) is 5.75 Å². The maximum atomic E-state index is 11.2. The number of amides is 1. The van der Waals surface area contributed by atoms with Crippen LogP contribution in [0, 0.1) is 11.8 Å². The molecule has 0 spiro atoms. The van der Waals surface area contributed by atoms with Crippen LogP contribution in [0.1, 0.15) is 40.0 Å². The van der Waals surface area contributed by atoms with Crippen LogP contribution in [-0.4, -0.2) is 19.1 Å². The van der Waals surface area contributed by atoms with E-state index in [4.69, 9.17) is 4.74 Å².